The van der Waals surface area contributed by atoms with Gasteiger partial charge in [0.1, 0.15) is 22.1 Å². The fourth-order valence-electron chi connectivity index (χ4n) is 1.47. The lowest BCUT2D eigenvalue weighted by molar-refractivity contribution is -0.131. The molecule has 7 heteroatoms. The highest BCUT2D eigenvalue weighted by atomic mass is 35.5. The van der Waals surface area contributed by atoms with Crippen LogP contribution in [0.25, 0.3) is 0 Å². The summed E-state index contributed by atoms with van der Waals surface area (Å²) in [7, 11) is 2.76. The zero-order valence-electron chi connectivity index (χ0n) is 10.6. The van der Waals surface area contributed by atoms with Gasteiger partial charge in [-0.1, -0.05) is 11.6 Å². The molecule has 0 aliphatic carbocycles. The Morgan fingerprint density at radius 3 is 2.21 bits per heavy atom. The fourth-order valence-corrected chi connectivity index (χ4v) is 1.87. The molecule has 0 spiro atoms. The van der Waals surface area contributed by atoms with E-state index in [0.29, 0.717) is 0 Å². The highest BCUT2D eigenvalue weighted by molar-refractivity contribution is 6.36. The number of rotatable bonds is 5. The van der Waals surface area contributed by atoms with E-state index in [-0.39, 0.29) is 33.7 Å². The molecule has 0 heterocycles. The van der Waals surface area contributed by atoms with Crippen molar-refractivity contribution in [1.29, 1.82) is 0 Å². The van der Waals surface area contributed by atoms with Crippen molar-refractivity contribution in [3.63, 3.8) is 0 Å². The van der Waals surface area contributed by atoms with Crippen LogP contribution in [0.1, 0.15) is 17.3 Å². The van der Waals surface area contributed by atoms with Crippen molar-refractivity contribution in [1.82, 2.24) is 0 Å². The van der Waals surface area contributed by atoms with Crippen molar-refractivity contribution in [2.75, 3.05) is 20.1 Å². The van der Waals surface area contributed by atoms with Crippen LogP contribution in [0, 0.1) is 0 Å². The maximum atomic E-state index is 11.8. The summed E-state index contributed by atoms with van der Waals surface area (Å²) < 4.78 is 15.1. The van der Waals surface area contributed by atoms with Gasteiger partial charge in [0, 0.05) is 13.0 Å². The second kappa shape index (κ2) is 6.63. The molecule has 104 valence electrons. The summed E-state index contributed by atoms with van der Waals surface area (Å²) >= 11 is 11.6. The molecule has 0 aromatic heterocycles. The molecule has 0 saturated heterocycles. The Bertz CT molecular complexity index is 513. The van der Waals surface area contributed by atoms with Gasteiger partial charge >= 0.3 is 5.97 Å². The number of Topliss-reactive ketones (excluding diaryl/α,β-unsaturated/α-hetero) is 1. The molecule has 0 aliphatic rings. The van der Waals surface area contributed by atoms with Crippen molar-refractivity contribution in [2.45, 2.75) is 6.92 Å². The van der Waals surface area contributed by atoms with Gasteiger partial charge in [0.2, 0.25) is 0 Å². The Labute approximate surface area is 120 Å². The average molecular weight is 307 g/mol. The van der Waals surface area contributed by atoms with Crippen molar-refractivity contribution in [3.8, 4) is 17.2 Å². The number of ether oxygens (including phenoxy) is 3. The first-order valence-electron chi connectivity index (χ1n) is 5.18. The molecule has 1 aromatic rings. The van der Waals surface area contributed by atoms with Gasteiger partial charge in [0.15, 0.2) is 11.5 Å². The number of benzene rings is 1. The molecule has 0 saturated carbocycles. The fraction of sp³-hybridized carbons (Fsp3) is 0.333. The van der Waals surface area contributed by atoms with E-state index in [1.807, 2.05) is 0 Å². The Hall–Kier alpha value is -1.46. The van der Waals surface area contributed by atoms with Gasteiger partial charge < -0.3 is 14.2 Å². The highest BCUT2D eigenvalue weighted by Crippen LogP contribution is 2.43. The zero-order chi connectivity index (χ0) is 14.6. The zero-order valence-corrected chi connectivity index (χ0v) is 12.1. The minimum absolute atomic E-state index is 0.00645. The SMILES string of the molecule is COc1cc(OC)c(C(=O)CCl)c(OC(C)=O)c1Cl. The molecule has 1 aromatic carbocycles. The van der Waals surface area contributed by atoms with E-state index in [1.54, 1.807) is 0 Å². The predicted octanol–water partition coefficient (Wildman–Crippen LogP) is 2.70. The molecule has 0 radical (unpaired) electrons. The van der Waals surface area contributed by atoms with E-state index in [9.17, 15) is 9.59 Å². The van der Waals surface area contributed by atoms with Crippen LogP contribution in [0.5, 0.6) is 17.2 Å². The van der Waals surface area contributed by atoms with Gasteiger partial charge in [0.05, 0.1) is 20.1 Å². The van der Waals surface area contributed by atoms with Crippen LogP contribution in [0.2, 0.25) is 5.02 Å². The van der Waals surface area contributed by atoms with E-state index in [4.69, 9.17) is 37.4 Å². The van der Waals surface area contributed by atoms with Crippen LogP contribution >= 0.6 is 23.2 Å². The predicted molar refractivity (Wildman–Crippen MR) is 70.9 cm³/mol. The van der Waals surface area contributed by atoms with Gasteiger partial charge in [-0.05, 0) is 0 Å². The number of alkyl halides is 1. The first-order chi connectivity index (χ1) is 8.96. The summed E-state index contributed by atoms with van der Waals surface area (Å²) in [5, 5.41) is 0.00645. The van der Waals surface area contributed by atoms with E-state index in [1.165, 1.54) is 27.2 Å². The number of carbonyl (C=O) groups is 2. The van der Waals surface area contributed by atoms with Crippen LogP contribution in [0.15, 0.2) is 6.07 Å². The molecule has 0 atom stereocenters. The largest absolute Gasteiger partial charge is 0.496 e. The van der Waals surface area contributed by atoms with Gasteiger partial charge in [-0.3, -0.25) is 9.59 Å². The van der Waals surface area contributed by atoms with Crippen molar-refractivity contribution >= 4 is 35.0 Å². The average Bonchev–Trinajstić information content (AvgIpc) is 2.39. The Morgan fingerprint density at radius 2 is 1.79 bits per heavy atom. The summed E-state index contributed by atoms with van der Waals surface area (Å²) in [5.74, 6) is -1.12. The molecule has 5 nitrogen and oxygen atoms in total. The van der Waals surface area contributed by atoms with Crippen LogP contribution in [0.3, 0.4) is 0 Å². The van der Waals surface area contributed by atoms with E-state index in [0.717, 1.165) is 0 Å². The lowest BCUT2D eigenvalue weighted by Crippen LogP contribution is -2.11. The number of esters is 1. The minimum atomic E-state index is -0.624. The summed E-state index contributed by atoms with van der Waals surface area (Å²) in [4.78, 5) is 23.0. The number of hydrogen-bond donors (Lipinski definition) is 0. The van der Waals surface area contributed by atoms with Crippen LogP contribution in [-0.4, -0.2) is 31.9 Å². The van der Waals surface area contributed by atoms with Crippen LogP contribution < -0.4 is 14.2 Å². The summed E-state index contributed by atoms with van der Waals surface area (Å²) in [5.41, 5.74) is 0.0125. The third-order valence-electron chi connectivity index (χ3n) is 2.24. The van der Waals surface area contributed by atoms with Gasteiger partial charge in [0.25, 0.3) is 0 Å². The third kappa shape index (κ3) is 3.30. The molecule has 0 N–H and O–H groups in total. The Kier molecular flexibility index (Phi) is 5.44. The number of halogens is 2. The third-order valence-corrected chi connectivity index (χ3v) is 2.84. The normalized spacial score (nSPS) is 9.95. The molecule has 19 heavy (non-hydrogen) atoms. The lowest BCUT2D eigenvalue weighted by Gasteiger charge is -2.15. The van der Waals surface area contributed by atoms with Crippen LogP contribution in [-0.2, 0) is 4.79 Å². The number of methoxy groups -OCH3 is 2. The number of ketones is 1. The van der Waals surface area contributed by atoms with Crippen molar-refractivity contribution in [3.05, 3.63) is 16.7 Å². The van der Waals surface area contributed by atoms with Crippen LogP contribution in [0.4, 0.5) is 0 Å². The molecular weight excluding hydrogens is 295 g/mol. The van der Waals surface area contributed by atoms with Crippen molar-refractivity contribution in [2.24, 2.45) is 0 Å². The molecule has 1 rings (SSSR count). The molecule has 0 fully saturated rings. The highest BCUT2D eigenvalue weighted by Gasteiger charge is 2.25. The number of hydrogen-bond acceptors (Lipinski definition) is 5. The van der Waals surface area contributed by atoms with Gasteiger partial charge in [-0.2, -0.15) is 0 Å². The second-order valence-corrected chi connectivity index (χ2v) is 4.09. The molecular formula is C12H12Cl2O5. The van der Waals surface area contributed by atoms with Gasteiger partial charge in [-0.25, -0.2) is 0 Å². The van der Waals surface area contributed by atoms with Gasteiger partial charge in [-0.15, -0.1) is 11.6 Å². The monoisotopic (exact) mass is 306 g/mol. The molecule has 0 bridgehead atoms. The maximum Gasteiger partial charge on any atom is 0.308 e. The molecule has 0 amide bonds. The smallest absolute Gasteiger partial charge is 0.308 e. The minimum Gasteiger partial charge on any atom is -0.496 e. The van der Waals surface area contributed by atoms with E-state index >= 15 is 0 Å². The first kappa shape index (κ1) is 15.6. The summed E-state index contributed by atoms with van der Waals surface area (Å²) in [6.45, 7) is 1.19. The summed E-state index contributed by atoms with van der Waals surface area (Å²) in [6, 6.07) is 1.43. The quantitative estimate of drug-likeness (QED) is 0.362. The Morgan fingerprint density at radius 1 is 1.21 bits per heavy atom. The maximum absolute atomic E-state index is 11.8. The molecule has 0 aliphatic heterocycles. The second-order valence-electron chi connectivity index (χ2n) is 3.45. The van der Waals surface area contributed by atoms with Crippen molar-refractivity contribution < 1.29 is 23.8 Å². The standard InChI is InChI=1S/C12H12Cl2O5/c1-6(15)19-12-10(7(16)5-13)8(17-2)4-9(18-3)11(12)14/h4H,5H2,1-3H3. The number of carbonyl (C=O) groups excluding carboxylic acids is 2. The lowest BCUT2D eigenvalue weighted by atomic mass is 10.1. The molecule has 0 unspecified atom stereocenters. The topological polar surface area (TPSA) is 61.8 Å². The van der Waals surface area contributed by atoms with E-state index in [2.05, 4.69) is 0 Å². The first-order valence-corrected chi connectivity index (χ1v) is 6.09. The van der Waals surface area contributed by atoms with E-state index < -0.39 is 11.8 Å². The Balaban J connectivity index is 3.59. The summed E-state index contributed by atoms with van der Waals surface area (Å²) in [6.07, 6.45) is 0.